The number of thiazole rings is 1. The highest BCUT2D eigenvalue weighted by atomic mass is 79.9. The number of carbonyl (C=O) groups is 1. The average molecular weight is 672 g/mol. The van der Waals surface area contributed by atoms with Gasteiger partial charge in [-0.3, -0.25) is 19.5 Å². The fourth-order valence-corrected chi connectivity index (χ4v) is 7.08. The molecule has 43 heavy (non-hydrogen) atoms. The summed E-state index contributed by atoms with van der Waals surface area (Å²) in [6.45, 7) is 5.22. The summed E-state index contributed by atoms with van der Waals surface area (Å²) >= 11 is 4.77. The summed E-state index contributed by atoms with van der Waals surface area (Å²) in [4.78, 5) is 46.0. The number of nitro groups is 1. The Morgan fingerprint density at radius 1 is 1.16 bits per heavy atom. The van der Waals surface area contributed by atoms with Crippen LogP contribution in [0.25, 0.3) is 6.08 Å². The van der Waals surface area contributed by atoms with Gasteiger partial charge in [-0.15, -0.1) is 0 Å². The molecule has 226 valence electrons. The topological polar surface area (TPSA) is 126 Å². The number of ether oxygens (including phenoxy) is 3. The molecular weight excluding hydrogens is 640 g/mol. The number of aromatic nitrogens is 1. The minimum atomic E-state index is -0.890. The third kappa shape index (κ3) is 5.83. The summed E-state index contributed by atoms with van der Waals surface area (Å²) in [6.07, 6.45) is 4.86. The van der Waals surface area contributed by atoms with Crippen LogP contribution in [-0.2, 0) is 9.53 Å². The molecule has 0 radical (unpaired) electrons. The number of halogens is 1. The van der Waals surface area contributed by atoms with Crippen molar-refractivity contribution in [3.63, 3.8) is 0 Å². The number of anilines is 1. The summed E-state index contributed by atoms with van der Waals surface area (Å²) in [5.41, 5.74) is 2.17. The third-order valence-corrected chi connectivity index (χ3v) is 9.19. The van der Waals surface area contributed by atoms with Gasteiger partial charge < -0.3 is 19.1 Å². The van der Waals surface area contributed by atoms with E-state index in [2.05, 4.69) is 25.8 Å². The largest absolute Gasteiger partial charge is 0.493 e. The highest BCUT2D eigenvalue weighted by Gasteiger charge is 2.35. The Morgan fingerprint density at radius 3 is 2.51 bits per heavy atom. The van der Waals surface area contributed by atoms with Gasteiger partial charge in [-0.25, -0.2) is 9.79 Å². The van der Waals surface area contributed by atoms with E-state index in [-0.39, 0.29) is 23.4 Å². The molecule has 3 heterocycles. The number of methoxy groups -OCH3 is 2. The first-order valence-corrected chi connectivity index (χ1v) is 15.4. The number of nitrogens with zero attached hydrogens (tertiary/aromatic N) is 4. The standard InChI is InChI=1S/C30H31BrN4O7S/c1-5-42-29(37)26-17(2)32-30-34(27(26)20-15-23(40-3)24(41-4)16-21(20)31)28(36)25(43-30)14-18-13-19(35(38)39)9-10-22(18)33-11-7-6-8-12-33/h9-10,13-16,27H,5-8,11-12H2,1-4H3/t27-/m0/s1. The second kappa shape index (κ2) is 12.7. The average Bonchev–Trinajstić information content (AvgIpc) is 3.30. The molecule has 13 heteroatoms. The number of rotatable bonds is 8. The number of hydrogen-bond donors (Lipinski definition) is 0. The van der Waals surface area contributed by atoms with Crippen LogP contribution in [0.2, 0.25) is 0 Å². The zero-order valence-electron chi connectivity index (χ0n) is 24.2. The summed E-state index contributed by atoms with van der Waals surface area (Å²) in [7, 11) is 3.03. The van der Waals surface area contributed by atoms with E-state index in [0.29, 0.717) is 42.1 Å². The van der Waals surface area contributed by atoms with Crippen LogP contribution in [0.5, 0.6) is 11.5 Å². The van der Waals surface area contributed by atoms with Crippen LogP contribution in [0.15, 0.2) is 55.9 Å². The van der Waals surface area contributed by atoms with Crippen molar-refractivity contribution >= 4 is 50.7 Å². The molecule has 0 spiro atoms. The fourth-order valence-electron chi connectivity index (χ4n) is 5.50. The van der Waals surface area contributed by atoms with E-state index < -0.39 is 16.9 Å². The van der Waals surface area contributed by atoms with E-state index in [9.17, 15) is 19.7 Å². The minimum Gasteiger partial charge on any atom is -0.493 e. The summed E-state index contributed by atoms with van der Waals surface area (Å²) in [6, 6.07) is 7.29. The third-order valence-electron chi connectivity index (χ3n) is 7.52. The van der Waals surface area contributed by atoms with Crippen LogP contribution < -0.4 is 29.3 Å². The number of fused-ring (bicyclic) bond motifs is 1. The van der Waals surface area contributed by atoms with E-state index in [4.69, 9.17) is 14.2 Å². The van der Waals surface area contributed by atoms with Gasteiger partial charge in [-0.2, -0.15) is 0 Å². The number of allylic oxidation sites excluding steroid dienone is 1. The van der Waals surface area contributed by atoms with Crippen molar-refractivity contribution in [2.24, 2.45) is 4.99 Å². The maximum atomic E-state index is 14.2. The molecule has 2 aromatic carbocycles. The van der Waals surface area contributed by atoms with Gasteiger partial charge in [-0.05, 0) is 62.9 Å². The smallest absolute Gasteiger partial charge is 0.338 e. The number of non-ortho nitro benzene ring substituents is 1. The monoisotopic (exact) mass is 670 g/mol. The molecule has 1 aromatic heterocycles. The van der Waals surface area contributed by atoms with Crippen molar-refractivity contribution in [1.29, 1.82) is 0 Å². The molecule has 0 saturated carbocycles. The van der Waals surface area contributed by atoms with Crippen LogP contribution >= 0.6 is 27.3 Å². The van der Waals surface area contributed by atoms with E-state index in [1.54, 1.807) is 38.1 Å². The second-order valence-electron chi connectivity index (χ2n) is 10.1. The second-order valence-corrected chi connectivity index (χ2v) is 11.9. The quantitative estimate of drug-likeness (QED) is 0.195. The number of nitro benzene ring substituents is 1. The zero-order valence-corrected chi connectivity index (χ0v) is 26.6. The van der Waals surface area contributed by atoms with Gasteiger partial charge >= 0.3 is 5.97 Å². The normalized spacial score (nSPS) is 16.9. The molecular formula is C30H31BrN4O7S. The number of esters is 1. The van der Waals surface area contributed by atoms with Gasteiger partial charge in [0.25, 0.3) is 11.2 Å². The van der Waals surface area contributed by atoms with Crippen LogP contribution in [0, 0.1) is 10.1 Å². The zero-order chi connectivity index (χ0) is 30.8. The predicted molar refractivity (Wildman–Crippen MR) is 167 cm³/mol. The molecule has 0 unspecified atom stereocenters. The highest BCUT2D eigenvalue weighted by Crippen LogP contribution is 2.41. The summed E-state index contributed by atoms with van der Waals surface area (Å²) in [5, 5.41) is 11.7. The van der Waals surface area contributed by atoms with Crippen molar-refractivity contribution in [2.45, 2.75) is 39.2 Å². The number of piperidine rings is 1. The van der Waals surface area contributed by atoms with Gasteiger partial charge in [-0.1, -0.05) is 27.3 Å². The molecule has 1 fully saturated rings. The summed E-state index contributed by atoms with van der Waals surface area (Å²) < 4.78 is 18.8. The summed E-state index contributed by atoms with van der Waals surface area (Å²) in [5.74, 6) is 0.305. The van der Waals surface area contributed by atoms with E-state index in [1.165, 1.54) is 30.9 Å². The lowest BCUT2D eigenvalue weighted by atomic mass is 9.95. The molecule has 11 nitrogen and oxygen atoms in total. The molecule has 0 N–H and O–H groups in total. The van der Waals surface area contributed by atoms with Crippen molar-refractivity contribution in [1.82, 2.24) is 4.57 Å². The van der Waals surface area contributed by atoms with Gasteiger partial charge in [0.1, 0.15) is 0 Å². The Balaban J connectivity index is 1.76. The van der Waals surface area contributed by atoms with Crippen molar-refractivity contribution in [2.75, 3.05) is 38.8 Å². The molecule has 1 atom stereocenters. The molecule has 1 saturated heterocycles. The van der Waals surface area contributed by atoms with Gasteiger partial charge in [0.2, 0.25) is 0 Å². The maximum absolute atomic E-state index is 14.2. The lowest BCUT2D eigenvalue weighted by molar-refractivity contribution is -0.384. The van der Waals surface area contributed by atoms with E-state index in [1.807, 2.05) is 0 Å². The fraction of sp³-hybridized carbons (Fsp3) is 0.367. The van der Waals surface area contributed by atoms with Gasteiger partial charge in [0.15, 0.2) is 16.3 Å². The molecule has 0 amide bonds. The minimum absolute atomic E-state index is 0.0626. The van der Waals surface area contributed by atoms with Crippen molar-refractivity contribution < 1.29 is 23.9 Å². The Hall–Kier alpha value is -3.97. The van der Waals surface area contributed by atoms with Gasteiger partial charge in [0.05, 0.1) is 47.6 Å². The molecule has 5 rings (SSSR count). The molecule has 2 aliphatic heterocycles. The lowest BCUT2D eigenvalue weighted by Crippen LogP contribution is -2.40. The maximum Gasteiger partial charge on any atom is 0.338 e. The first-order valence-electron chi connectivity index (χ1n) is 13.8. The highest BCUT2D eigenvalue weighted by molar-refractivity contribution is 9.10. The van der Waals surface area contributed by atoms with Crippen LogP contribution in [-0.4, -0.2) is 49.4 Å². The van der Waals surface area contributed by atoms with Crippen LogP contribution in [0.3, 0.4) is 0 Å². The Labute approximate surface area is 260 Å². The molecule has 2 aliphatic rings. The Kier molecular flexibility index (Phi) is 9.02. The number of carbonyl (C=O) groups excluding carboxylic acids is 1. The van der Waals surface area contributed by atoms with Gasteiger partial charge in [0, 0.05) is 40.9 Å². The molecule has 0 aliphatic carbocycles. The number of hydrogen-bond acceptors (Lipinski definition) is 10. The van der Waals surface area contributed by atoms with E-state index in [0.717, 1.165) is 49.4 Å². The SMILES string of the molecule is CCOC(=O)C1=C(C)N=c2sc(=Cc3cc([N+](=O)[O-])ccc3N3CCCCC3)c(=O)n2[C@H]1c1cc(OC)c(OC)cc1Br. The van der Waals surface area contributed by atoms with Crippen molar-refractivity contribution in [3.8, 4) is 11.5 Å². The van der Waals surface area contributed by atoms with Crippen molar-refractivity contribution in [3.05, 3.63) is 87.0 Å². The first-order chi connectivity index (χ1) is 20.7. The number of benzene rings is 2. The Bertz CT molecular complexity index is 1810. The predicted octanol–water partition coefficient (Wildman–Crippen LogP) is 4.48. The van der Waals surface area contributed by atoms with Crippen LogP contribution in [0.4, 0.5) is 11.4 Å². The Morgan fingerprint density at radius 2 is 1.86 bits per heavy atom. The van der Waals surface area contributed by atoms with Crippen LogP contribution in [0.1, 0.15) is 50.3 Å². The molecule has 3 aromatic rings. The van der Waals surface area contributed by atoms with E-state index >= 15 is 0 Å². The lowest BCUT2D eigenvalue weighted by Gasteiger charge is -2.30. The molecule has 0 bridgehead atoms. The first kappa shape index (κ1) is 30.5.